The van der Waals surface area contributed by atoms with Crippen molar-refractivity contribution in [2.45, 2.75) is 6.92 Å². The highest BCUT2D eigenvalue weighted by Gasteiger charge is 2.09. The van der Waals surface area contributed by atoms with Crippen LogP contribution in [0.15, 0.2) is 30.4 Å². The largest absolute Gasteiger partial charge is 0.507 e. The number of rotatable bonds is 7. The summed E-state index contributed by atoms with van der Waals surface area (Å²) in [6.45, 7) is 4.94. The molecule has 1 rings (SSSR count). The first-order valence-electron chi connectivity index (χ1n) is 6.23. The molecule has 0 aliphatic heterocycles. The Kier molecular flexibility index (Phi) is 6.00. The summed E-state index contributed by atoms with van der Waals surface area (Å²) in [6.07, 6.45) is 1.85. The van der Waals surface area contributed by atoms with Crippen LogP contribution in [0.25, 0.3) is 6.08 Å². The number of phenols is 2. The molecule has 7 heteroatoms. The molecule has 0 atom stereocenters. The Hall–Kier alpha value is -2.96. The molecule has 0 heterocycles. The summed E-state index contributed by atoms with van der Waals surface area (Å²) in [7, 11) is 0. The first kappa shape index (κ1) is 17.1. The summed E-state index contributed by atoms with van der Waals surface area (Å²) in [5, 5.41) is 28.0. The second-order valence-electron chi connectivity index (χ2n) is 4.31. The molecule has 0 aliphatic carbocycles. The molecule has 1 aromatic carbocycles. The third-order valence-corrected chi connectivity index (χ3v) is 2.44. The SMILES string of the molecule is C=C(C)C(=O)OCCOc1cc(O)c(/C=C/C(=O)O)c(O)c1. The summed E-state index contributed by atoms with van der Waals surface area (Å²) < 4.78 is 10.0. The Morgan fingerprint density at radius 1 is 1.23 bits per heavy atom. The molecule has 118 valence electrons. The summed E-state index contributed by atoms with van der Waals surface area (Å²) in [5.41, 5.74) is 0.230. The average Bonchev–Trinajstić information content (AvgIpc) is 2.41. The van der Waals surface area contributed by atoms with Gasteiger partial charge in [0.25, 0.3) is 0 Å². The maximum absolute atomic E-state index is 11.1. The zero-order chi connectivity index (χ0) is 16.7. The number of phenolic OH excluding ortho intramolecular Hbond substituents is 2. The smallest absolute Gasteiger partial charge is 0.333 e. The lowest BCUT2D eigenvalue weighted by molar-refractivity contribution is -0.139. The van der Waals surface area contributed by atoms with Gasteiger partial charge in [0.1, 0.15) is 30.5 Å². The van der Waals surface area contributed by atoms with E-state index in [1.54, 1.807) is 0 Å². The Labute approximate surface area is 126 Å². The lowest BCUT2D eigenvalue weighted by Gasteiger charge is -2.10. The van der Waals surface area contributed by atoms with Crippen molar-refractivity contribution in [1.82, 2.24) is 0 Å². The van der Waals surface area contributed by atoms with Crippen LogP contribution in [0.3, 0.4) is 0 Å². The van der Waals surface area contributed by atoms with E-state index >= 15 is 0 Å². The first-order chi connectivity index (χ1) is 10.3. The van der Waals surface area contributed by atoms with E-state index in [1.165, 1.54) is 19.1 Å². The molecular weight excluding hydrogens is 292 g/mol. The maximum Gasteiger partial charge on any atom is 0.333 e. The standard InChI is InChI=1S/C15H16O7/c1-9(2)15(20)22-6-5-21-10-7-12(16)11(13(17)8-10)3-4-14(18)19/h3-4,7-8,16-17H,1,5-6H2,2H3,(H,18,19)/b4-3+. The molecule has 0 amide bonds. The van der Waals surface area contributed by atoms with Gasteiger partial charge in [-0.3, -0.25) is 0 Å². The van der Waals surface area contributed by atoms with Crippen LogP contribution in [-0.4, -0.2) is 40.5 Å². The van der Waals surface area contributed by atoms with Gasteiger partial charge in [-0.15, -0.1) is 0 Å². The van der Waals surface area contributed by atoms with Gasteiger partial charge in [0.2, 0.25) is 0 Å². The number of carboxylic acids is 1. The number of carbonyl (C=O) groups is 2. The summed E-state index contributed by atoms with van der Waals surface area (Å²) in [5.74, 6) is -2.28. The number of ether oxygens (including phenoxy) is 2. The van der Waals surface area contributed by atoms with Gasteiger partial charge in [-0.05, 0) is 13.0 Å². The van der Waals surface area contributed by atoms with Gasteiger partial charge >= 0.3 is 11.9 Å². The Balaban J connectivity index is 2.65. The first-order valence-corrected chi connectivity index (χ1v) is 6.23. The van der Waals surface area contributed by atoms with Crippen LogP contribution < -0.4 is 4.74 Å². The van der Waals surface area contributed by atoms with Crippen molar-refractivity contribution in [3.8, 4) is 17.2 Å². The summed E-state index contributed by atoms with van der Waals surface area (Å²) in [6, 6.07) is 2.42. The minimum Gasteiger partial charge on any atom is -0.507 e. The van der Waals surface area contributed by atoms with Crippen LogP contribution in [0.1, 0.15) is 12.5 Å². The van der Waals surface area contributed by atoms with E-state index < -0.39 is 11.9 Å². The van der Waals surface area contributed by atoms with Crippen LogP contribution in [0, 0.1) is 0 Å². The molecule has 0 saturated heterocycles. The van der Waals surface area contributed by atoms with Crippen LogP contribution in [0.4, 0.5) is 0 Å². The zero-order valence-corrected chi connectivity index (χ0v) is 11.9. The van der Waals surface area contributed by atoms with Crippen LogP contribution in [0.2, 0.25) is 0 Å². The molecule has 3 N–H and O–H groups in total. The Morgan fingerprint density at radius 3 is 2.32 bits per heavy atom. The van der Waals surface area contributed by atoms with E-state index in [-0.39, 0.29) is 41.6 Å². The van der Waals surface area contributed by atoms with Crippen LogP contribution in [0.5, 0.6) is 17.2 Å². The predicted octanol–water partition coefficient (Wildman–Crippen LogP) is 1.69. The normalized spacial score (nSPS) is 10.4. The quantitative estimate of drug-likeness (QED) is 0.399. The van der Waals surface area contributed by atoms with Gasteiger partial charge in [0, 0.05) is 23.8 Å². The van der Waals surface area contributed by atoms with Gasteiger partial charge in [0.05, 0.1) is 5.56 Å². The zero-order valence-electron chi connectivity index (χ0n) is 11.9. The third-order valence-electron chi connectivity index (χ3n) is 2.44. The predicted molar refractivity (Wildman–Crippen MR) is 77.7 cm³/mol. The van der Waals surface area contributed by atoms with Gasteiger partial charge < -0.3 is 24.8 Å². The van der Waals surface area contributed by atoms with Gasteiger partial charge in [-0.25, -0.2) is 9.59 Å². The van der Waals surface area contributed by atoms with Gasteiger partial charge in [-0.1, -0.05) is 6.58 Å². The lowest BCUT2D eigenvalue weighted by atomic mass is 10.1. The van der Waals surface area contributed by atoms with Gasteiger partial charge in [0.15, 0.2) is 0 Å². The fourth-order valence-corrected chi connectivity index (χ4v) is 1.42. The maximum atomic E-state index is 11.1. The average molecular weight is 308 g/mol. The number of benzene rings is 1. The molecule has 0 radical (unpaired) electrons. The molecule has 1 aromatic rings. The molecule has 0 aliphatic rings. The molecule has 0 aromatic heterocycles. The van der Waals surface area contributed by atoms with E-state index in [0.29, 0.717) is 0 Å². The van der Waals surface area contributed by atoms with E-state index in [1.807, 2.05) is 0 Å². The molecule has 0 bridgehead atoms. The number of carbonyl (C=O) groups excluding carboxylic acids is 1. The minimum absolute atomic E-state index is 0.0161. The minimum atomic E-state index is -1.21. The third kappa shape index (κ3) is 5.20. The number of carboxylic acid groups (broad SMARTS) is 1. The van der Waals surface area contributed by atoms with Crippen molar-refractivity contribution in [3.63, 3.8) is 0 Å². The number of aromatic hydroxyl groups is 2. The highest BCUT2D eigenvalue weighted by Crippen LogP contribution is 2.33. The number of esters is 1. The summed E-state index contributed by atoms with van der Waals surface area (Å²) in [4.78, 5) is 21.5. The highest BCUT2D eigenvalue weighted by atomic mass is 16.6. The number of hydrogen-bond acceptors (Lipinski definition) is 6. The molecule has 0 saturated carbocycles. The summed E-state index contributed by atoms with van der Waals surface area (Å²) >= 11 is 0. The molecule has 0 fully saturated rings. The van der Waals surface area contributed by atoms with E-state index in [4.69, 9.17) is 14.6 Å². The second kappa shape index (κ2) is 7.72. The number of hydrogen-bond donors (Lipinski definition) is 3. The van der Waals surface area contributed by atoms with Crippen molar-refractivity contribution in [2.24, 2.45) is 0 Å². The monoisotopic (exact) mass is 308 g/mol. The van der Waals surface area contributed by atoms with Crippen molar-refractivity contribution in [3.05, 3.63) is 35.9 Å². The molecular formula is C15H16O7. The van der Waals surface area contributed by atoms with Crippen molar-refractivity contribution >= 4 is 18.0 Å². The van der Waals surface area contributed by atoms with E-state index in [0.717, 1.165) is 12.2 Å². The fourth-order valence-electron chi connectivity index (χ4n) is 1.42. The van der Waals surface area contributed by atoms with Crippen LogP contribution >= 0.6 is 0 Å². The van der Waals surface area contributed by atoms with Crippen molar-refractivity contribution in [1.29, 1.82) is 0 Å². The number of aliphatic carboxylic acids is 1. The van der Waals surface area contributed by atoms with Crippen molar-refractivity contribution < 1.29 is 34.4 Å². The molecule has 7 nitrogen and oxygen atoms in total. The molecule has 22 heavy (non-hydrogen) atoms. The van der Waals surface area contributed by atoms with Crippen molar-refractivity contribution in [2.75, 3.05) is 13.2 Å². The Morgan fingerprint density at radius 2 is 1.82 bits per heavy atom. The lowest BCUT2D eigenvalue weighted by Crippen LogP contribution is -2.12. The fraction of sp³-hybridized carbons (Fsp3) is 0.200. The van der Waals surface area contributed by atoms with E-state index in [9.17, 15) is 19.8 Å². The molecule has 0 unspecified atom stereocenters. The Bertz CT molecular complexity index is 593. The van der Waals surface area contributed by atoms with Gasteiger partial charge in [-0.2, -0.15) is 0 Å². The van der Waals surface area contributed by atoms with E-state index in [2.05, 4.69) is 6.58 Å². The topological polar surface area (TPSA) is 113 Å². The highest BCUT2D eigenvalue weighted by molar-refractivity contribution is 5.87. The van der Waals surface area contributed by atoms with Crippen LogP contribution in [-0.2, 0) is 14.3 Å². The molecule has 0 spiro atoms. The second-order valence-corrected chi connectivity index (χ2v) is 4.31.